The fourth-order valence-electron chi connectivity index (χ4n) is 8.33. The normalized spacial score (nSPS) is 11.9. The minimum Gasteiger partial charge on any atom is -0.276 e. The first-order chi connectivity index (χ1) is 25.7. The van der Waals surface area contributed by atoms with Crippen LogP contribution in [0, 0.1) is 0 Å². The van der Waals surface area contributed by atoms with E-state index in [1.54, 1.807) is 0 Å². The van der Waals surface area contributed by atoms with E-state index in [0.717, 1.165) is 38.7 Å². The van der Waals surface area contributed by atoms with Crippen molar-refractivity contribution in [2.24, 2.45) is 0 Å². The molecule has 0 N–H and O–H groups in total. The van der Waals surface area contributed by atoms with Gasteiger partial charge >= 0.3 is 0 Å². The number of benzene rings is 9. The average Bonchev–Trinajstić information content (AvgIpc) is 3.59. The third kappa shape index (κ3) is 4.33. The van der Waals surface area contributed by atoms with Gasteiger partial charge in [-0.2, -0.15) is 0 Å². The molecule has 3 heteroatoms. The van der Waals surface area contributed by atoms with Crippen molar-refractivity contribution in [3.8, 4) is 27.9 Å². The molecule has 2 heterocycles. The zero-order valence-electron chi connectivity index (χ0n) is 28.0. The maximum atomic E-state index is 14.4. The number of nitrogens with zero attached hydrogens (tertiary/aromatic N) is 1. The van der Waals surface area contributed by atoms with Crippen molar-refractivity contribution in [3.05, 3.63) is 186 Å². The standard InChI is InChI=1S/C49H29NOS/c51-49-42-18-6-5-16-39(42)44-28-32(33-22-25-48-45(29-33)41-17-7-8-19-47(41)52-48)21-24-46(44)50(49)34-11-9-10-30(26-34)31-20-23-40-37-14-2-1-12-35(37)36-13-3-4-15-38(36)43(40)27-31/h1-29H. The fourth-order valence-corrected chi connectivity index (χ4v) is 9.42. The molecule has 2 aromatic heterocycles. The molecule has 0 bridgehead atoms. The van der Waals surface area contributed by atoms with Crippen molar-refractivity contribution in [1.82, 2.24) is 4.57 Å². The molecule has 0 aliphatic heterocycles. The summed E-state index contributed by atoms with van der Waals surface area (Å²) in [5.74, 6) is 0. The van der Waals surface area contributed by atoms with Gasteiger partial charge in [-0.1, -0.05) is 121 Å². The van der Waals surface area contributed by atoms with Gasteiger partial charge in [0.1, 0.15) is 0 Å². The number of pyridine rings is 1. The van der Waals surface area contributed by atoms with Gasteiger partial charge in [0.2, 0.25) is 0 Å². The predicted octanol–water partition coefficient (Wildman–Crippen LogP) is 13.3. The Morgan fingerprint density at radius 3 is 1.52 bits per heavy atom. The number of rotatable bonds is 3. The summed E-state index contributed by atoms with van der Waals surface area (Å²) >= 11 is 1.83. The maximum Gasteiger partial charge on any atom is 0.263 e. The van der Waals surface area contributed by atoms with Crippen LogP contribution in [0.15, 0.2) is 181 Å². The van der Waals surface area contributed by atoms with Gasteiger partial charge in [-0.3, -0.25) is 9.36 Å². The Balaban J connectivity index is 1.10. The van der Waals surface area contributed by atoms with Crippen LogP contribution in [0.1, 0.15) is 0 Å². The molecule has 11 rings (SSSR count). The van der Waals surface area contributed by atoms with E-state index in [2.05, 4.69) is 152 Å². The molecule has 0 fully saturated rings. The number of thiophene rings is 1. The van der Waals surface area contributed by atoms with E-state index in [4.69, 9.17) is 0 Å². The van der Waals surface area contributed by atoms with Crippen molar-refractivity contribution in [3.63, 3.8) is 0 Å². The van der Waals surface area contributed by atoms with Crippen LogP contribution in [0.25, 0.3) is 102 Å². The summed E-state index contributed by atoms with van der Waals surface area (Å²) < 4.78 is 4.48. The van der Waals surface area contributed by atoms with Gasteiger partial charge in [0.25, 0.3) is 5.56 Å². The van der Waals surface area contributed by atoms with Crippen LogP contribution < -0.4 is 5.56 Å². The van der Waals surface area contributed by atoms with Gasteiger partial charge in [0, 0.05) is 36.6 Å². The minimum atomic E-state index is -0.0184. The quantitative estimate of drug-likeness (QED) is 0.170. The zero-order chi connectivity index (χ0) is 34.3. The van der Waals surface area contributed by atoms with Crippen molar-refractivity contribution in [2.45, 2.75) is 0 Å². The van der Waals surface area contributed by atoms with Gasteiger partial charge in [0.05, 0.1) is 5.52 Å². The van der Waals surface area contributed by atoms with E-state index in [1.165, 1.54) is 58.1 Å². The Kier molecular flexibility index (Phi) is 6.31. The molecule has 0 aliphatic rings. The lowest BCUT2D eigenvalue weighted by molar-refractivity contribution is 1.06. The number of hydrogen-bond acceptors (Lipinski definition) is 2. The van der Waals surface area contributed by atoms with Crippen LogP contribution in [-0.4, -0.2) is 4.57 Å². The first-order valence-electron chi connectivity index (χ1n) is 17.6. The van der Waals surface area contributed by atoms with Crippen molar-refractivity contribution in [1.29, 1.82) is 0 Å². The first kappa shape index (κ1) is 29.2. The summed E-state index contributed by atoms with van der Waals surface area (Å²) in [6, 6.07) is 62.5. The molecule has 0 radical (unpaired) electrons. The molecule has 0 saturated carbocycles. The number of hydrogen-bond donors (Lipinski definition) is 0. The topological polar surface area (TPSA) is 22.0 Å². The second-order valence-electron chi connectivity index (χ2n) is 13.6. The lowest BCUT2D eigenvalue weighted by Crippen LogP contribution is -2.19. The second-order valence-corrected chi connectivity index (χ2v) is 14.7. The van der Waals surface area contributed by atoms with Gasteiger partial charge in [-0.25, -0.2) is 0 Å². The molecule has 0 unspecified atom stereocenters. The Bertz CT molecular complexity index is 3300. The fraction of sp³-hybridized carbons (Fsp3) is 0. The van der Waals surface area contributed by atoms with E-state index in [1.807, 2.05) is 40.2 Å². The number of aromatic nitrogens is 1. The summed E-state index contributed by atoms with van der Waals surface area (Å²) in [7, 11) is 0. The van der Waals surface area contributed by atoms with Gasteiger partial charge < -0.3 is 0 Å². The highest BCUT2D eigenvalue weighted by molar-refractivity contribution is 7.25. The molecule has 0 atom stereocenters. The van der Waals surface area contributed by atoms with Crippen molar-refractivity contribution in [2.75, 3.05) is 0 Å². The summed E-state index contributed by atoms with van der Waals surface area (Å²) in [6.07, 6.45) is 0. The van der Waals surface area contributed by atoms with Crippen LogP contribution in [0.5, 0.6) is 0 Å². The monoisotopic (exact) mass is 679 g/mol. The zero-order valence-corrected chi connectivity index (χ0v) is 28.8. The lowest BCUT2D eigenvalue weighted by atomic mass is 9.92. The molecular formula is C49H29NOS. The van der Waals surface area contributed by atoms with Crippen LogP contribution in [0.4, 0.5) is 0 Å². The largest absolute Gasteiger partial charge is 0.276 e. The first-order valence-corrected chi connectivity index (χ1v) is 18.4. The van der Waals surface area contributed by atoms with E-state index >= 15 is 0 Å². The molecule has 52 heavy (non-hydrogen) atoms. The van der Waals surface area contributed by atoms with E-state index in [-0.39, 0.29) is 5.56 Å². The highest BCUT2D eigenvalue weighted by Crippen LogP contribution is 2.39. The Hall–Kier alpha value is -6.55. The highest BCUT2D eigenvalue weighted by Gasteiger charge is 2.16. The molecule has 242 valence electrons. The Labute approximate surface area is 303 Å². The number of fused-ring (bicyclic) bond motifs is 12. The molecule has 11 aromatic rings. The van der Waals surface area contributed by atoms with Crippen molar-refractivity contribution >= 4 is 85.5 Å². The smallest absolute Gasteiger partial charge is 0.263 e. The summed E-state index contributed by atoms with van der Waals surface area (Å²) in [6.45, 7) is 0. The highest BCUT2D eigenvalue weighted by atomic mass is 32.1. The third-order valence-electron chi connectivity index (χ3n) is 10.8. The van der Waals surface area contributed by atoms with Crippen LogP contribution in [0.3, 0.4) is 0 Å². The molecule has 0 saturated heterocycles. The summed E-state index contributed by atoms with van der Waals surface area (Å²) in [5, 5.41) is 12.8. The van der Waals surface area contributed by atoms with E-state index < -0.39 is 0 Å². The van der Waals surface area contributed by atoms with Crippen LogP contribution in [0.2, 0.25) is 0 Å². The Morgan fingerprint density at radius 1 is 0.327 bits per heavy atom. The van der Waals surface area contributed by atoms with Gasteiger partial charge in [-0.05, 0) is 115 Å². The summed E-state index contributed by atoms with van der Waals surface area (Å²) in [4.78, 5) is 14.4. The second kappa shape index (κ2) is 11.2. The van der Waals surface area contributed by atoms with Crippen molar-refractivity contribution < 1.29 is 0 Å². The maximum absolute atomic E-state index is 14.4. The molecule has 0 spiro atoms. The van der Waals surface area contributed by atoms with Gasteiger partial charge in [-0.15, -0.1) is 11.3 Å². The lowest BCUT2D eigenvalue weighted by Gasteiger charge is -2.16. The minimum absolute atomic E-state index is 0.0184. The van der Waals surface area contributed by atoms with Crippen LogP contribution >= 0.6 is 11.3 Å². The van der Waals surface area contributed by atoms with Crippen LogP contribution in [-0.2, 0) is 0 Å². The molecular weight excluding hydrogens is 651 g/mol. The Morgan fingerprint density at radius 2 is 0.808 bits per heavy atom. The van der Waals surface area contributed by atoms with E-state index in [0.29, 0.717) is 5.39 Å². The van der Waals surface area contributed by atoms with Gasteiger partial charge in [0.15, 0.2) is 0 Å². The SMILES string of the molecule is O=c1c2ccccc2c2cc(-c3ccc4sc5ccccc5c4c3)ccc2n1-c1cccc(-c2ccc3c4ccccc4c4ccccc4c3c2)c1. The third-order valence-corrected chi connectivity index (χ3v) is 11.9. The molecule has 2 nitrogen and oxygen atoms in total. The molecule has 0 amide bonds. The van der Waals surface area contributed by atoms with E-state index in [9.17, 15) is 4.79 Å². The molecule has 0 aliphatic carbocycles. The molecule has 9 aromatic carbocycles. The average molecular weight is 680 g/mol. The summed E-state index contributed by atoms with van der Waals surface area (Å²) in [5.41, 5.74) is 6.20. The predicted molar refractivity (Wildman–Crippen MR) is 223 cm³/mol.